The molecular weight excluding hydrogens is 827 g/mol. The predicted octanol–water partition coefficient (Wildman–Crippen LogP) is 13.6. The van der Waals surface area contributed by atoms with Crippen molar-refractivity contribution in [1.82, 2.24) is 5.32 Å². The monoisotopic (exact) mass is 934 g/mol. The van der Waals surface area contributed by atoms with Crippen molar-refractivity contribution in [3.8, 4) is 0 Å². The number of hydrogen-bond acceptors (Lipinski definition) is 8. The van der Waals surface area contributed by atoms with Gasteiger partial charge in [-0.15, -0.1) is 0 Å². The van der Waals surface area contributed by atoms with Crippen molar-refractivity contribution in [3.05, 3.63) is 36.5 Å². The van der Waals surface area contributed by atoms with Crippen molar-refractivity contribution in [1.29, 1.82) is 0 Å². The Kier molecular flexibility index (Phi) is 44.6. The number of unbranched alkanes of at least 4 members (excludes halogenated alkanes) is 34. The molecule has 0 aliphatic carbocycles. The lowest BCUT2D eigenvalue weighted by molar-refractivity contribution is -0.302. The van der Waals surface area contributed by atoms with Gasteiger partial charge in [-0.1, -0.05) is 249 Å². The average molecular weight is 934 g/mol. The second kappa shape index (κ2) is 47.1. The number of nitrogens with one attached hydrogen (secondary N) is 1. The summed E-state index contributed by atoms with van der Waals surface area (Å²) in [6.07, 6.45) is 54.7. The highest BCUT2D eigenvalue weighted by Gasteiger charge is 2.44. The van der Waals surface area contributed by atoms with Crippen LogP contribution in [0.2, 0.25) is 0 Å². The summed E-state index contributed by atoms with van der Waals surface area (Å²) in [6, 6.07) is -0.798. The fraction of sp³-hybridized carbons (Fsp3) is 0.877. The summed E-state index contributed by atoms with van der Waals surface area (Å²) in [5.74, 6) is -0.182. The third-order valence-electron chi connectivity index (χ3n) is 13.5. The summed E-state index contributed by atoms with van der Waals surface area (Å²) >= 11 is 0. The molecule has 1 fully saturated rings. The molecule has 9 nitrogen and oxygen atoms in total. The van der Waals surface area contributed by atoms with Crippen LogP contribution in [0.15, 0.2) is 36.5 Å². The molecule has 0 aromatic rings. The van der Waals surface area contributed by atoms with Gasteiger partial charge in [-0.05, 0) is 44.9 Å². The Bertz CT molecular complexity index is 1130. The number of carbonyl (C=O) groups is 1. The lowest BCUT2D eigenvalue weighted by Gasteiger charge is -2.40. The van der Waals surface area contributed by atoms with Gasteiger partial charge in [0.2, 0.25) is 5.91 Å². The van der Waals surface area contributed by atoms with Crippen LogP contribution >= 0.6 is 0 Å². The molecule has 0 radical (unpaired) electrons. The van der Waals surface area contributed by atoms with Gasteiger partial charge in [-0.25, -0.2) is 0 Å². The molecular formula is C57H107NO8. The number of aliphatic hydroxyl groups excluding tert-OH is 5. The largest absolute Gasteiger partial charge is 0.394 e. The molecule has 1 aliphatic heterocycles. The Morgan fingerprint density at radius 2 is 0.909 bits per heavy atom. The third kappa shape index (κ3) is 36.4. The molecule has 1 saturated heterocycles. The Labute approximate surface area is 406 Å². The first kappa shape index (κ1) is 62.4. The molecule has 0 spiro atoms. The van der Waals surface area contributed by atoms with E-state index >= 15 is 0 Å². The van der Waals surface area contributed by atoms with Gasteiger partial charge in [-0.2, -0.15) is 0 Å². The van der Waals surface area contributed by atoms with Crippen LogP contribution in [-0.2, 0) is 14.3 Å². The van der Waals surface area contributed by atoms with Crippen LogP contribution in [0, 0.1) is 0 Å². The van der Waals surface area contributed by atoms with E-state index in [2.05, 4.69) is 43.5 Å². The van der Waals surface area contributed by atoms with Crippen molar-refractivity contribution in [3.63, 3.8) is 0 Å². The van der Waals surface area contributed by atoms with E-state index in [0.29, 0.717) is 6.42 Å². The van der Waals surface area contributed by atoms with Gasteiger partial charge >= 0.3 is 0 Å². The van der Waals surface area contributed by atoms with Crippen molar-refractivity contribution >= 4 is 5.91 Å². The number of ether oxygens (including phenoxy) is 2. The molecule has 66 heavy (non-hydrogen) atoms. The van der Waals surface area contributed by atoms with Gasteiger partial charge in [0, 0.05) is 6.42 Å². The lowest BCUT2D eigenvalue weighted by atomic mass is 9.99. The zero-order valence-electron chi connectivity index (χ0n) is 43.0. The summed E-state index contributed by atoms with van der Waals surface area (Å²) in [6.45, 7) is 3.62. The lowest BCUT2D eigenvalue weighted by Crippen LogP contribution is -2.60. The van der Waals surface area contributed by atoms with Crippen LogP contribution in [0.5, 0.6) is 0 Å². The molecule has 1 heterocycles. The first-order valence-corrected chi connectivity index (χ1v) is 28.2. The van der Waals surface area contributed by atoms with E-state index in [4.69, 9.17) is 9.47 Å². The van der Waals surface area contributed by atoms with E-state index in [-0.39, 0.29) is 12.5 Å². The third-order valence-corrected chi connectivity index (χ3v) is 13.5. The molecule has 0 saturated carbocycles. The first-order chi connectivity index (χ1) is 32.3. The maximum Gasteiger partial charge on any atom is 0.220 e. The number of amides is 1. The van der Waals surface area contributed by atoms with Gasteiger partial charge in [0.1, 0.15) is 24.4 Å². The topological polar surface area (TPSA) is 149 Å². The first-order valence-electron chi connectivity index (χ1n) is 28.2. The summed E-state index contributed by atoms with van der Waals surface area (Å²) in [5.41, 5.74) is 0. The molecule has 388 valence electrons. The van der Waals surface area contributed by atoms with E-state index in [9.17, 15) is 30.3 Å². The number of rotatable bonds is 48. The standard InChI is InChI=1S/C57H107NO8/c1-3-5-7-9-10-11-12-13-14-15-16-17-18-19-20-21-22-23-24-25-26-27-28-29-30-31-32-33-34-35-36-37-38-39-40-41-42-43-45-47-53(61)58-50(51(60)46-44-8-6-4-2)49-65-57-56(64)55(63)54(62)52(48-59)66-57/h12-13,15-16,44,46,50-52,54-57,59-60,62-64H,3-11,14,17-43,45,47-49H2,1-2H3,(H,58,61)/b13-12-,16-15-,46-44+. The number of carbonyl (C=O) groups excluding carboxylic acids is 1. The van der Waals surface area contributed by atoms with Crippen LogP contribution in [-0.4, -0.2) is 87.5 Å². The van der Waals surface area contributed by atoms with Crippen molar-refractivity contribution < 1.29 is 39.8 Å². The van der Waals surface area contributed by atoms with Gasteiger partial charge in [0.25, 0.3) is 0 Å². The van der Waals surface area contributed by atoms with E-state index in [0.717, 1.165) is 44.9 Å². The minimum atomic E-state index is -1.56. The molecule has 0 aromatic carbocycles. The summed E-state index contributed by atoms with van der Waals surface area (Å²) in [4.78, 5) is 12.8. The zero-order chi connectivity index (χ0) is 48.0. The van der Waals surface area contributed by atoms with E-state index < -0.39 is 49.5 Å². The quantitative estimate of drug-likeness (QED) is 0.0261. The minimum absolute atomic E-state index is 0.182. The highest BCUT2D eigenvalue weighted by atomic mass is 16.7. The van der Waals surface area contributed by atoms with Gasteiger partial charge in [-0.3, -0.25) is 4.79 Å². The van der Waals surface area contributed by atoms with Gasteiger partial charge in [0.05, 0.1) is 25.4 Å². The molecule has 1 aliphatic rings. The van der Waals surface area contributed by atoms with Crippen LogP contribution in [0.25, 0.3) is 0 Å². The fourth-order valence-electron chi connectivity index (χ4n) is 8.94. The Morgan fingerprint density at radius 3 is 1.33 bits per heavy atom. The normalized spacial score (nSPS) is 20.0. The maximum absolute atomic E-state index is 12.8. The van der Waals surface area contributed by atoms with Crippen LogP contribution in [0.4, 0.5) is 0 Å². The summed E-state index contributed by atoms with van der Waals surface area (Å²) < 4.78 is 11.1. The zero-order valence-corrected chi connectivity index (χ0v) is 43.0. The molecule has 1 rings (SSSR count). The van der Waals surface area contributed by atoms with Gasteiger partial charge < -0.3 is 40.3 Å². The van der Waals surface area contributed by atoms with Crippen molar-refractivity contribution in [2.75, 3.05) is 13.2 Å². The van der Waals surface area contributed by atoms with Crippen LogP contribution < -0.4 is 5.32 Å². The average Bonchev–Trinajstić information content (AvgIpc) is 3.32. The second-order valence-corrected chi connectivity index (χ2v) is 19.7. The predicted molar refractivity (Wildman–Crippen MR) is 276 cm³/mol. The number of aliphatic hydroxyl groups is 5. The molecule has 7 atom stereocenters. The van der Waals surface area contributed by atoms with E-state index in [1.165, 1.54) is 199 Å². The smallest absolute Gasteiger partial charge is 0.220 e. The SMILES string of the molecule is CCCC/C=C/C(O)C(COC1OC(CO)C(O)C(O)C1O)NC(=O)CCCCCCCCCCCCCCCCCCCCCCCCCCCCC/C=C\C/C=C\CCCCCCC. The van der Waals surface area contributed by atoms with Crippen molar-refractivity contribution in [2.24, 2.45) is 0 Å². The summed E-state index contributed by atoms with van der Waals surface area (Å²) in [7, 11) is 0. The van der Waals surface area contributed by atoms with Crippen LogP contribution in [0.3, 0.4) is 0 Å². The van der Waals surface area contributed by atoms with E-state index in [1.807, 2.05) is 6.08 Å². The number of hydrogen-bond donors (Lipinski definition) is 6. The highest BCUT2D eigenvalue weighted by Crippen LogP contribution is 2.23. The summed E-state index contributed by atoms with van der Waals surface area (Å²) in [5, 5.41) is 53.7. The van der Waals surface area contributed by atoms with E-state index in [1.54, 1.807) is 6.08 Å². The minimum Gasteiger partial charge on any atom is -0.394 e. The maximum atomic E-state index is 12.8. The molecule has 0 aromatic heterocycles. The molecule has 1 amide bonds. The second-order valence-electron chi connectivity index (χ2n) is 19.7. The van der Waals surface area contributed by atoms with Crippen LogP contribution in [0.1, 0.15) is 264 Å². The van der Waals surface area contributed by atoms with Crippen molar-refractivity contribution in [2.45, 2.75) is 307 Å². The molecule has 9 heteroatoms. The molecule has 0 bridgehead atoms. The number of allylic oxidation sites excluding steroid dienone is 5. The Hall–Kier alpha value is -1.59. The Morgan fingerprint density at radius 1 is 0.515 bits per heavy atom. The molecule has 7 unspecified atom stereocenters. The highest BCUT2D eigenvalue weighted by molar-refractivity contribution is 5.76. The fourth-order valence-corrected chi connectivity index (χ4v) is 8.94. The molecule has 6 N–H and O–H groups in total. The Balaban J connectivity index is 1.90. The van der Waals surface area contributed by atoms with Gasteiger partial charge in [0.15, 0.2) is 6.29 Å².